The summed E-state index contributed by atoms with van der Waals surface area (Å²) in [6, 6.07) is 0. The lowest BCUT2D eigenvalue weighted by atomic mass is 10.3. The quantitative estimate of drug-likeness (QED) is 0.251. The van der Waals surface area contributed by atoms with Crippen LogP contribution >= 0.6 is 31.9 Å². The number of carbonyl (C=O) groups excluding carboxylic acids is 1. The molecule has 0 aliphatic carbocycles. The van der Waals surface area contributed by atoms with Crippen molar-refractivity contribution in [3.63, 3.8) is 0 Å². The van der Waals surface area contributed by atoms with E-state index in [1.165, 1.54) is 6.08 Å². The summed E-state index contributed by atoms with van der Waals surface area (Å²) in [5.41, 5.74) is 0. The fraction of sp³-hybridized carbons (Fsp3) is 0.571. The number of hydrogen-bond donors (Lipinski definition) is 0. The molecule has 0 rings (SSSR count). The molecule has 0 aliphatic rings. The monoisotopic (exact) mass is 314 g/mol. The van der Waals surface area contributed by atoms with Gasteiger partial charge in [0.1, 0.15) is 0 Å². The van der Waals surface area contributed by atoms with Crippen LogP contribution in [0.3, 0.4) is 0 Å². The van der Waals surface area contributed by atoms with Crippen LogP contribution in [0.4, 0.5) is 0 Å². The van der Waals surface area contributed by atoms with Crippen molar-refractivity contribution in [2.24, 2.45) is 0 Å². The normalized spacial score (nSPS) is 11.2. The zero-order valence-electron chi connectivity index (χ0n) is 6.98. The van der Waals surface area contributed by atoms with E-state index < -0.39 is 0 Å². The first-order chi connectivity index (χ1) is 5.45. The Labute approximate surface area is 92.4 Å². The summed E-state index contributed by atoms with van der Waals surface area (Å²) in [6.45, 7) is 3.77. The Morgan fingerprint density at radius 2 is 2.25 bits per heavy atom. The number of esters is 1. The molecule has 0 aliphatic heterocycles. The molecule has 0 saturated carbocycles. The largest absolute Gasteiger partial charge is 0.463 e. The topological polar surface area (TPSA) is 26.3 Å². The molecule has 0 aromatic rings. The van der Waals surface area contributed by atoms with Gasteiger partial charge in [-0.15, -0.1) is 0 Å². The molecule has 0 aromatic carbocycles. The fourth-order valence-corrected chi connectivity index (χ4v) is 1.53. The van der Waals surface area contributed by atoms with E-state index in [1.807, 2.05) is 0 Å². The predicted octanol–water partition coefficient (Wildman–Crippen LogP) is 1.30. The van der Waals surface area contributed by atoms with E-state index in [0.29, 0.717) is 6.61 Å². The van der Waals surface area contributed by atoms with Gasteiger partial charge in [-0.2, -0.15) is 0 Å². The van der Waals surface area contributed by atoms with Crippen LogP contribution in [0.15, 0.2) is 12.7 Å². The van der Waals surface area contributed by atoms with Gasteiger partial charge in [0.2, 0.25) is 0 Å². The molecule has 0 fully saturated rings. The van der Waals surface area contributed by atoms with Gasteiger partial charge in [0, 0.05) is 16.3 Å². The van der Waals surface area contributed by atoms with E-state index in [0.717, 1.165) is 23.1 Å². The molecule has 0 radical (unpaired) electrons. The summed E-state index contributed by atoms with van der Waals surface area (Å²) in [6.07, 6.45) is 3.00. The van der Waals surface area contributed by atoms with Gasteiger partial charge in [0.05, 0.1) is 9.46 Å². The van der Waals surface area contributed by atoms with Crippen molar-refractivity contribution < 1.29 is 9.53 Å². The maximum absolute atomic E-state index is 10.6. The van der Waals surface area contributed by atoms with Crippen LogP contribution in [0.5, 0.6) is 0 Å². The van der Waals surface area contributed by atoms with Crippen molar-refractivity contribution >= 4 is 48.1 Å². The zero-order valence-corrected chi connectivity index (χ0v) is 12.2. The maximum Gasteiger partial charge on any atom is 0.330 e. The van der Waals surface area contributed by atoms with Gasteiger partial charge < -0.3 is 4.74 Å². The third-order valence-corrected chi connectivity index (χ3v) is 2.46. The molecule has 0 atom stereocenters. The highest BCUT2D eigenvalue weighted by molar-refractivity contribution is 9.26. The first-order valence-electron chi connectivity index (χ1n) is 3.63. The highest BCUT2D eigenvalue weighted by atomic mass is 79.9. The van der Waals surface area contributed by atoms with E-state index in [-0.39, 0.29) is 8.83 Å². The Morgan fingerprint density at radius 3 is 2.67 bits per heavy atom. The standard InChI is InChI=1S/C7H12Br2O2Si/c1-2-6(10)11-5-3-4-7(8,9)12/h2H,1,3-5H2,12H3. The third-order valence-electron chi connectivity index (χ3n) is 1.17. The summed E-state index contributed by atoms with van der Waals surface area (Å²) in [7, 11) is 1.01. The molecule has 0 bridgehead atoms. The smallest absolute Gasteiger partial charge is 0.330 e. The molecular weight excluding hydrogens is 304 g/mol. The summed E-state index contributed by atoms with van der Waals surface area (Å²) in [5.74, 6) is -0.349. The van der Waals surface area contributed by atoms with Gasteiger partial charge in [-0.3, -0.25) is 0 Å². The highest BCUT2D eigenvalue weighted by Crippen LogP contribution is 2.26. The number of alkyl halides is 2. The van der Waals surface area contributed by atoms with Crippen LogP contribution in [0.25, 0.3) is 0 Å². The number of carbonyl (C=O) groups is 1. The second-order valence-electron chi connectivity index (χ2n) is 2.55. The molecule has 0 unspecified atom stereocenters. The Bertz CT molecular complexity index is 165. The van der Waals surface area contributed by atoms with Gasteiger partial charge in [0.25, 0.3) is 0 Å². The van der Waals surface area contributed by atoms with Crippen LogP contribution < -0.4 is 0 Å². The van der Waals surface area contributed by atoms with Crippen LogP contribution in [-0.4, -0.2) is 25.7 Å². The molecule has 5 heteroatoms. The van der Waals surface area contributed by atoms with Gasteiger partial charge >= 0.3 is 5.97 Å². The van der Waals surface area contributed by atoms with Gasteiger partial charge in [-0.25, -0.2) is 4.79 Å². The first kappa shape index (κ1) is 12.4. The van der Waals surface area contributed by atoms with Crippen LogP contribution in [-0.2, 0) is 9.53 Å². The summed E-state index contributed by atoms with van der Waals surface area (Å²) in [4.78, 5) is 10.6. The van der Waals surface area contributed by atoms with Crippen molar-refractivity contribution in [3.8, 4) is 0 Å². The number of rotatable bonds is 5. The Hall–Kier alpha value is 0.387. The molecule has 0 spiro atoms. The van der Waals surface area contributed by atoms with E-state index in [4.69, 9.17) is 4.74 Å². The van der Waals surface area contributed by atoms with Gasteiger partial charge in [-0.05, 0) is 12.8 Å². The van der Waals surface area contributed by atoms with E-state index in [2.05, 4.69) is 38.4 Å². The van der Waals surface area contributed by atoms with Gasteiger partial charge in [-0.1, -0.05) is 38.4 Å². The maximum atomic E-state index is 10.6. The van der Waals surface area contributed by atoms with Crippen LogP contribution in [0.1, 0.15) is 12.8 Å². The fourth-order valence-electron chi connectivity index (χ4n) is 0.614. The Morgan fingerprint density at radius 1 is 1.67 bits per heavy atom. The molecule has 0 saturated heterocycles. The number of hydrogen-bond acceptors (Lipinski definition) is 2. The lowest BCUT2D eigenvalue weighted by molar-refractivity contribution is -0.137. The average Bonchev–Trinajstić information content (AvgIpc) is 1.96. The highest BCUT2D eigenvalue weighted by Gasteiger charge is 2.13. The second-order valence-corrected chi connectivity index (χ2v) is 11.7. The lowest BCUT2D eigenvalue weighted by Gasteiger charge is -2.12. The molecule has 70 valence electrons. The molecule has 0 aromatic heterocycles. The van der Waals surface area contributed by atoms with Gasteiger partial charge in [0.15, 0.2) is 0 Å². The van der Waals surface area contributed by atoms with E-state index in [1.54, 1.807) is 0 Å². The minimum absolute atomic E-state index is 0.0839. The molecule has 0 amide bonds. The summed E-state index contributed by atoms with van der Waals surface area (Å²) in [5, 5.41) is 0. The molecule has 0 heterocycles. The van der Waals surface area contributed by atoms with Crippen molar-refractivity contribution in [2.45, 2.75) is 15.7 Å². The minimum Gasteiger partial charge on any atom is -0.463 e. The van der Waals surface area contributed by atoms with Crippen molar-refractivity contribution in [2.75, 3.05) is 6.61 Å². The van der Waals surface area contributed by atoms with Crippen molar-refractivity contribution in [1.29, 1.82) is 0 Å². The third kappa shape index (κ3) is 8.48. The summed E-state index contributed by atoms with van der Waals surface area (Å²) >= 11 is 6.96. The first-order valence-corrected chi connectivity index (χ1v) is 6.21. The second kappa shape index (κ2) is 5.94. The summed E-state index contributed by atoms with van der Waals surface area (Å²) < 4.78 is 4.89. The predicted molar refractivity (Wildman–Crippen MR) is 60.9 cm³/mol. The van der Waals surface area contributed by atoms with Crippen molar-refractivity contribution in [1.82, 2.24) is 0 Å². The molecule has 12 heavy (non-hydrogen) atoms. The Kier molecular flexibility index (Phi) is 6.13. The van der Waals surface area contributed by atoms with Crippen LogP contribution in [0.2, 0.25) is 0 Å². The van der Waals surface area contributed by atoms with E-state index >= 15 is 0 Å². The lowest BCUT2D eigenvalue weighted by Crippen LogP contribution is -2.12. The molecule has 2 nitrogen and oxygen atoms in total. The minimum atomic E-state index is -0.349. The van der Waals surface area contributed by atoms with E-state index in [9.17, 15) is 4.79 Å². The SMILES string of the molecule is C=CC(=O)OCCCC([SiH3])(Br)Br. The average molecular weight is 316 g/mol. The van der Waals surface area contributed by atoms with Crippen molar-refractivity contribution in [3.05, 3.63) is 12.7 Å². The molecular formula is C7H12Br2O2Si. The number of halogens is 2. The Balaban J connectivity index is 3.34. The number of ether oxygens (including phenoxy) is 1. The molecule has 0 N–H and O–H groups in total. The zero-order chi connectivity index (χ0) is 9.61. The van der Waals surface area contributed by atoms with Crippen LogP contribution in [0, 0.1) is 0 Å².